The molecule has 3 heteroatoms. The lowest BCUT2D eigenvalue weighted by Crippen LogP contribution is -2.59. The van der Waals surface area contributed by atoms with Crippen LogP contribution >= 0.6 is 0 Å². The molecule has 1 spiro atoms. The van der Waals surface area contributed by atoms with Crippen molar-refractivity contribution in [3.63, 3.8) is 0 Å². The number of methoxy groups -OCH3 is 1. The van der Waals surface area contributed by atoms with Crippen LogP contribution in [0.5, 0.6) is 0 Å². The van der Waals surface area contributed by atoms with Crippen LogP contribution in [0.2, 0.25) is 0 Å². The van der Waals surface area contributed by atoms with Crippen LogP contribution in [0.1, 0.15) is 32.6 Å². The molecule has 1 atom stereocenters. The first-order chi connectivity index (χ1) is 6.68. The smallest absolute Gasteiger partial charge is 0.102 e. The molecule has 2 fully saturated rings. The van der Waals surface area contributed by atoms with Crippen molar-refractivity contribution >= 4 is 0 Å². The second-order valence-corrected chi connectivity index (χ2v) is 4.98. The van der Waals surface area contributed by atoms with Crippen LogP contribution in [0, 0.1) is 0 Å². The van der Waals surface area contributed by atoms with Gasteiger partial charge in [-0.25, -0.2) is 0 Å². The summed E-state index contributed by atoms with van der Waals surface area (Å²) in [5.41, 5.74) is -0.0110. The van der Waals surface area contributed by atoms with Gasteiger partial charge >= 0.3 is 0 Å². The van der Waals surface area contributed by atoms with Crippen molar-refractivity contribution < 1.29 is 9.47 Å². The normalized spacial score (nSPS) is 36.4. The van der Waals surface area contributed by atoms with Crippen molar-refractivity contribution in [2.24, 2.45) is 0 Å². The molecule has 0 bridgehead atoms. The Bertz CT molecular complexity index is 197. The fourth-order valence-corrected chi connectivity index (χ4v) is 2.83. The molecule has 2 aliphatic rings. The van der Waals surface area contributed by atoms with Gasteiger partial charge in [0.1, 0.15) is 5.60 Å². The van der Waals surface area contributed by atoms with Crippen LogP contribution in [0.3, 0.4) is 0 Å². The second-order valence-electron chi connectivity index (χ2n) is 4.98. The molecule has 1 saturated heterocycles. The Morgan fingerprint density at radius 2 is 2.00 bits per heavy atom. The van der Waals surface area contributed by atoms with Gasteiger partial charge in [-0.15, -0.1) is 0 Å². The maximum atomic E-state index is 6.28. The molecule has 0 aromatic heterocycles. The van der Waals surface area contributed by atoms with Gasteiger partial charge in [0.05, 0.1) is 12.2 Å². The molecule has 1 heterocycles. The molecule has 1 aliphatic carbocycles. The summed E-state index contributed by atoms with van der Waals surface area (Å²) in [6, 6.07) is 0. The van der Waals surface area contributed by atoms with E-state index in [1.807, 2.05) is 0 Å². The number of hydrogen-bond acceptors (Lipinski definition) is 3. The molecular formula is C11H21NO2. The van der Waals surface area contributed by atoms with Gasteiger partial charge in [0.2, 0.25) is 0 Å². The van der Waals surface area contributed by atoms with Crippen LogP contribution in [-0.4, -0.2) is 38.0 Å². The lowest BCUT2D eigenvalue weighted by molar-refractivity contribution is -0.186. The molecule has 14 heavy (non-hydrogen) atoms. The van der Waals surface area contributed by atoms with Crippen molar-refractivity contribution in [1.29, 1.82) is 0 Å². The molecule has 82 valence electrons. The predicted octanol–water partition coefficient (Wildman–Crippen LogP) is 1.32. The van der Waals surface area contributed by atoms with Crippen molar-refractivity contribution in [1.82, 2.24) is 5.32 Å². The summed E-state index contributed by atoms with van der Waals surface area (Å²) in [6.45, 7) is 4.75. The third-order valence-electron chi connectivity index (χ3n) is 3.37. The van der Waals surface area contributed by atoms with E-state index >= 15 is 0 Å². The number of rotatable bonds is 2. The Morgan fingerprint density at radius 1 is 1.29 bits per heavy atom. The van der Waals surface area contributed by atoms with Gasteiger partial charge in [0, 0.05) is 20.2 Å². The summed E-state index contributed by atoms with van der Waals surface area (Å²) in [6.07, 6.45) is 5.04. The van der Waals surface area contributed by atoms with Gasteiger partial charge in [-0.3, -0.25) is 0 Å². The molecule has 0 amide bonds. The number of nitrogens with one attached hydrogen (secondary N) is 1. The average molecular weight is 199 g/mol. The fraction of sp³-hybridized carbons (Fsp3) is 1.00. The molecule has 0 aromatic rings. The molecular weight excluding hydrogens is 178 g/mol. The van der Waals surface area contributed by atoms with Gasteiger partial charge in [-0.1, -0.05) is 12.8 Å². The SMILES string of the molecule is COCC1(C)CNCC2(CCCC2)O1. The van der Waals surface area contributed by atoms with E-state index in [0.717, 1.165) is 13.1 Å². The standard InChI is InChI=1S/C11H21NO2/c1-10(9-13-2)7-12-8-11(14-10)5-3-4-6-11/h12H,3-9H2,1-2H3. The second kappa shape index (κ2) is 3.80. The van der Waals surface area contributed by atoms with Crippen molar-refractivity contribution in [3.8, 4) is 0 Å². The van der Waals surface area contributed by atoms with Gasteiger partial charge in [0.15, 0.2) is 0 Å². The van der Waals surface area contributed by atoms with E-state index < -0.39 is 0 Å². The van der Waals surface area contributed by atoms with Crippen molar-refractivity contribution in [2.75, 3.05) is 26.8 Å². The topological polar surface area (TPSA) is 30.5 Å². The zero-order valence-corrected chi connectivity index (χ0v) is 9.27. The molecule has 1 saturated carbocycles. The lowest BCUT2D eigenvalue weighted by atomic mass is 9.95. The van der Waals surface area contributed by atoms with Crippen LogP contribution in [0.4, 0.5) is 0 Å². The van der Waals surface area contributed by atoms with Gasteiger partial charge in [-0.2, -0.15) is 0 Å². The number of hydrogen-bond donors (Lipinski definition) is 1. The van der Waals surface area contributed by atoms with Crippen molar-refractivity contribution in [3.05, 3.63) is 0 Å². The van der Waals surface area contributed by atoms with Crippen LogP contribution in [-0.2, 0) is 9.47 Å². The number of ether oxygens (including phenoxy) is 2. The van der Waals surface area contributed by atoms with Crippen LogP contribution < -0.4 is 5.32 Å². The Balaban J connectivity index is 2.02. The monoisotopic (exact) mass is 199 g/mol. The molecule has 0 aromatic carbocycles. The Kier molecular flexibility index (Phi) is 2.82. The van der Waals surface area contributed by atoms with Gasteiger partial charge < -0.3 is 14.8 Å². The van der Waals surface area contributed by atoms with Crippen LogP contribution in [0.25, 0.3) is 0 Å². The van der Waals surface area contributed by atoms with E-state index in [4.69, 9.17) is 9.47 Å². The first-order valence-corrected chi connectivity index (χ1v) is 5.58. The lowest BCUT2D eigenvalue weighted by Gasteiger charge is -2.45. The largest absolute Gasteiger partial charge is 0.382 e. The Labute approximate surface area is 86.2 Å². The average Bonchev–Trinajstić information content (AvgIpc) is 2.52. The van der Waals surface area contributed by atoms with Gasteiger partial charge in [0.25, 0.3) is 0 Å². The van der Waals surface area contributed by atoms with E-state index in [2.05, 4.69) is 12.2 Å². The predicted molar refractivity (Wildman–Crippen MR) is 55.4 cm³/mol. The minimum atomic E-state index is -0.128. The highest BCUT2D eigenvalue weighted by Crippen LogP contribution is 2.38. The minimum Gasteiger partial charge on any atom is -0.382 e. The van der Waals surface area contributed by atoms with Crippen LogP contribution in [0.15, 0.2) is 0 Å². The molecule has 1 unspecified atom stereocenters. The molecule has 1 N–H and O–H groups in total. The summed E-state index contributed by atoms with van der Waals surface area (Å²) >= 11 is 0. The zero-order valence-electron chi connectivity index (χ0n) is 9.27. The highest BCUT2D eigenvalue weighted by atomic mass is 16.6. The third-order valence-corrected chi connectivity index (χ3v) is 3.37. The first kappa shape index (κ1) is 10.4. The Hall–Kier alpha value is -0.120. The quantitative estimate of drug-likeness (QED) is 0.727. The Morgan fingerprint density at radius 3 is 2.64 bits per heavy atom. The highest BCUT2D eigenvalue weighted by Gasteiger charge is 2.44. The van der Waals surface area contributed by atoms with Crippen molar-refractivity contribution in [2.45, 2.75) is 43.8 Å². The summed E-state index contributed by atoms with van der Waals surface area (Å²) in [4.78, 5) is 0. The van der Waals surface area contributed by atoms with E-state index in [9.17, 15) is 0 Å². The fourth-order valence-electron chi connectivity index (χ4n) is 2.83. The van der Waals surface area contributed by atoms with E-state index in [0.29, 0.717) is 6.61 Å². The third kappa shape index (κ3) is 1.95. The van der Waals surface area contributed by atoms with E-state index in [1.54, 1.807) is 7.11 Å². The molecule has 2 rings (SSSR count). The number of morpholine rings is 1. The zero-order chi connectivity index (χ0) is 10.1. The minimum absolute atomic E-state index is 0.117. The van der Waals surface area contributed by atoms with E-state index in [-0.39, 0.29) is 11.2 Å². The molecule has 0 radical (unpaired) electrons. The van der Waals surface area contributed by atoms with Gasteiger partial charge in [-0.05, 0) is 19.8 Å². The summed E-state index contributed by atoms with van der Waals surface area (Å²) < 4.78 is 11.5. The molecule has 3 nitrogen and oxygen atoms in total. The van der Waals surface area contributed by atoms with E-state index in [1.165, 1.54) is 25.7 Å². The summed E-state index contributed by atoms with van der Waals surface area (Å²) in [5, 5.41) is 3.49. The molecule has 1 aliphatic heterocycles. The summed E-state index contributed by atoms with van der Waals surface area (Å²) in [5.74, 6) is 0. The first-order valence-electron chi connectivity index (χ1n) is 5.58. The summed E-state index contributed by atoms with van der Waals surface area (Å²) in [7, 11) is 1.74. The maximum Gasteiger partial charge on any atom is 0.102 e. The highest BCUT2D eigenvalue weighted by molar-refractivity contribution is 4.97. The maximum absolute atomic E-state index is 6.28.